The van der Waals surface area contributed by atoms with Crippen molar-refractivity contribution in [3.05, 3.63) is 0 Å². The first-order valence-corrected chi connectivity index (χ1v) is 4.65. The van der Waals surface area contributed by atoms with Gasteiger partial charge in [-0.05, 0) is 11.3 Å². The zero-order chi connectivity index (χ0) is 9.78. The minimum atomic E-state index is 0.255. The second-order valence-electron chi connectivity index (χ2n) is 5.04. The summed E-state index contributed by atoms with van der Waals surface area (Å²) in [5, 5.41) is 1.93. The van der Waals surface area contributed by atoms with E-state index in [1.54, 1.807) is 0 Å². The van der Waals surface area contributed by atoms with Crippen molar-refractivity contribution in [3.8, 4) is 0 Å². The second kappa shape index (κ2) is 4.83. The summed E-state index contributed by atoms with van der Waals surface area (Å²) in [6.07, 6.45) is 0. The van der Waals surface area contributed by atoms with Gasteiger partial charge in [0.05, 0.1) is 6.61 Å². The Morgan fingerprint density at radius 3 is 2.08 bits per heavy atom. The molecule has 0 aliphatic heterocycles. The van der Waals surface area contributed by atoms with Gasteiger partial charge < -0.3 is 0 Å². The Kier molecular flexibility index (Phi) is 4.80. The second-order valence-corrected chi connectivity index (χ2v) is 5.04. The van der Waals surface area contributed by atoms with E-state index in [-0.39, 0.29) is 5.41 Å². The molecule has 2 nitrogen and oxygen atoms in total. The molecular formula is C10H23NO. The van der Waals surface area contributed by atoms with Gasteiger partial charge in [0.15, 0.2) is 0 Å². The zero-order valence-electron chi connectivity index (χ0n) is 9.35. The largest absolute Gasteiger partial charge is 0.299 e. The molecule has 0 spiro atoms. The molecule has 0 aromatic rings. The summed E-state index contributed by atoms with van der Waals surface area (Å²) in [6.45, 7) is 12.7. The summed E-state index contributed by atoms with van der Waals surface area (Å²) in [5.74, 6) is 0.662. The molecule has 0 rings (SSSR count). The molecule has 0 atom stereocenters. The smallest absolute Gasteiger partial charge is 0.0733 e. The average molecular weight is 173 g/mol. The molecule has 0 radical (unpaired) electrons. The van der Waals surface area contributed by atoms with Gasteiger partial charge in [-0.2, -0.15) is 5.06 Å². The van der Waals surface area contributed by atoms with E-state index in [0.717, 1.165) is 13.2 Å². The molecule has 2 heteroatoms. The number of hydrogen-bond donors (Lipinski definition) is 0. The van der Waals surface area contributed by atoms with Gasteiger partial charge in [-0.25, -0.2) is 0 Å². The van der Waals surface area contributed by atoms with E-state index in [9.17, 15) is 0 Å². The Hall–Kier alpha value is -0.0800. The monoisotopic (exact) mass is 173 g/mol. The van der Waals surface area contributed by atoms with Crippen LogP contribution in [0, 0.1) is 11.3 Å². The molecule has 74 valence electrons. The lowest BCUT2D eigenvalue weighted by Crippen LogP contribution is -2.28. The van der Waals surface area contributed by atoms with Gasteiger partial charge in [-0.1, -0.05) is 34.6 Å². The molecule has 0 heterocycles. The van der Waals surface area contributed by atoms with E-state index in [1.807, 2.05) is 12.1 Å². The minimum absolute atomic E-state index is 0.255. The molecule has 0 aromatic heterocycles. The van der Waals surface area contributed by atoms with Gasteiger partial charge in [-0.15, -0.1) is 0 Å². The van der Waals surface area contributed by atoms with Crippen molar-refractivity contribution in [2.75, 3.05) is 20.2 Å². The van der Waals surface area contributed by atoms with Crippen molar-refractivity contribution in [1.29, 1.82) is 0 Å². The number of hydroxylamine groups is 2. The first kappa shape index (κ1) is 11.9. The molecule has 0 fully saturated rings. The van der Waals surface area contributed by atoms with E-state index >= 15 is 0 Å². The van der Waals surface area contributed by atoms with Crippen LogP contribution >= 0.6 is 0 Å². The highest BCUT2D eigenvalue weighted by molar-refractivity contribution is 4.58. The van der Waals surface area contributed by atoms with Crippen LogP contribution in [-0.2, 0) is 4.84 Å². The van der Waals surface area contributed by atoms with Crippen molar-refractivity contribution >= 4 is 0 Å². The fraction of sp³-hybridized carbons (Fsp3) is 1.00. The fourth-order valence-electron chi connectivity index (χ4n) is 0.871. The van der Waals surface area contributed by atoms with Crippen LogP contribution in [0.2, 0.25) is 0 Å². The molecule has 0 aliphatic carbocycles. The summed E-state index contributed by atoms with van der Waals surface area (Å²) in [7, 11) is 1.99. The third-order valence-electron chi connectivity index (χ3n) is 1.34. The molecule has 0 saturated carbocycles. The normalized spacial score (nSPS) is 13.0. The zero-order valence-corrected chi connectivity index (χ0v) is 9.35. The van der Waals surface area contributed by atoms with Gasteiger partial charge in [0.2, 0.25) is 0 Å². The van der Waals surface area contributed by atoms with Crippen LogP contribution in [0.15, 0.2) is 0 Å². The number of rotatable bonds is 4. The maximum absolute atomic E-state index is 5.55. The lowest BCUT2D eigenvalue weighted by molar-refractivity contribution is -0.165. The molecule has 0 unspecified atom stereocenters. The first-order valence-electron chi connectivity index (χ1n) is 4.65. The Morgan fingerprint density at radius 1 is 1.25 bits per heavy atom. The summed E-state index contributed by atoms with van der Waals surface area (Å²) in [6, 6.07) is 0. The van der Waals surface area contributed by atoms with Crippen molar-refractivity contribution in [2.45, 2.75) is 34.6 Å². The maximum atomic E-state index is 5.55. The van der Waals surface area contributed by atoms with Crippen LogP contribution in [-0.4, -0.2) is 25.3 Å². The lowest BCUT2D eigenvalue weighted by atomic mass is 9.99. The molecule has 0 N–H and O–H groups in total. The predicted octanol–water partition coefficient (Wildman–Crippen LogP) is 2.55. The van der Waals surface area contributed by atoms with Crippen LogP contribution in [0.3, 0.4) is 0 Å². The Morgan fingerprint density at radius 2 is 1.75 bits per heavy atom. The van der Waals surface area contributed by atoms with Crippen LogP contribution in [0.1, 0.15) is 34.6 Å². The number of hydrogen-bond acceptors (Lipinski definition) is 2. The van der Waals surface area contributed by atoms with Crippen LogP contribution < -0.4 is 0 Å². The van der Waals surface area contributed by atoms with E-state index in [1.165, 1.54) is 0 Å². The van der Waals surface area contributed by atoms with Gasteiger partial charge in [0.1, 0.15) is 0 Å². The van der Waals surface area contributed by atoms with Crippen molar-refractivity contribution in [3.63, 3.8) is 0 Å². The molecular weight excluding hydrogens is 150 g/mol. The molecule has 12 heavy (non-hydrogen) atoms. The van der Waals surface area contributed by atoms with E-state index in [2.05, 4.69) is 34.6 Å². The van der Waals surface area contributed by atoms with E-state index < -0.39 is 0 Å². The minimum Gasteiger partial charge on any atom is -0.299 e. The van der Waals surface area contributed by atoms with E-state index in [4.69, 9.17) is 4.84 Å². The summed E-state index contributed by atoms with van der Waals surface area (Å²) >= 11 is 0. The quantitative estimate of drug-likeness (QED) is 0.606. The third kappa shape index (κ3) is 8.02. The Balaban J connectivity index is 3.51. The molecule has 0 aliphatic rings. The average Bonchev–Trinajstić information content (AvgIpc) is 1.80. The van der Waals surface area contributed by atoms with Gasteiger partial charge in [0.25, 0.3) is 0 Å². The van der Waals surface area contributed by atoms with Crippen LogP contribution in [0.25, 0.3) is 0 Å². The Labute approximate surface area is 76.9 Å². The molecule has 0 amide bonds. The first-order chi connectivity index (χ1) is 5.31. The van der Waals surface area contributed by atoms with Gasteiger partial charge >= 0.3 is 0 Å². The van der Waals surface area contributed by atoms with Crippen molar-refractivity contribution in [1.82, 2.24) is 5.06 Å². The van der Waals surface area contributed by atoms with Crippen molar-refractivity contribution in [2.24, 2.45) is 11.3 Å². The predicted molar refractivity (Wildman–Crippen MR) is 52.9 cm³/mol. The third-order valence-corrected chi connectivity index (χ3v) is 1.34. The maximum Gasteiger partial charge on any atom is 0.0733 e. The van der Waals surface area contributed by atoms with Gasteiger partial charge in [0, 0.05) is 13.6 Å². The molecule has 0 bridgehead atoms. The van der Waals surface area contributed by atoms with Crippen molar-refractivity contribution < 1.29 is 4.84 Å². The highest BCUT2D eigenvalue weighted by atomic mass is 16.7. The van der Waals surface area contributed by atoms with Gasteiger partial charge in [-0.3, -0.25) is 4.84 Å². The SMILES string of the molecule is CC(C)CN(C)OCC(C)(C)C. The standard InChI is InChI=1S/C10H23NO/c1-9(2)7-11(6)12-8-10(3,4)5/h9H,7-8H2,1-6H3. The van der Waals surface area contributed by atoms with Crippen LogP contribution in [0.4, 0.5) is 0 Å². The summed E-state index contributed by atoms with van der Waals surface area (Å²) in [4.78, 5) is 5.55. The summed E-state index contributed by atoms with van der Waals surface area (Å²) < 4.78 is 0. The van der Waals surface area contributed by atoms with Crippen LogP contribution in [0.5, 0.6) is 0 Å². The topological polar surface area (TPSA) is 12.5 Å². The molecule has 0 saturated heterocycles. The lowest BCUT2D eigenvalue weighted by Gasteiger charge is -2.24. The highest BCUT2D eigenvalue weighted by Crippen LogP contribution is 2.13. The highest BCUT2D eigenvalue weighted by Gasteiger charge is 2.12. The summed E-state index contributed by atoms with van der Waals surface area (Å²) in [5.41, 5.74) is 0.255. The Bertz CT molecular complexity index is 115. The fourth-order valence-corrected chi connectivity index (χ4v) is 0.871. The van der Waals surface area contributed by atoms with E-state index in [0.29, 0.717) is 5.92 Å². The number of nitrogens with zero attached hydrogens (tertiary/aromatic N) is 1. The molecule has 0 aromatic carbocycles.